The predicted octanol–water partition coefficient (Wildman–Crippen LogP) is 2.58. The lowest BCUT2D eigenvalue weighted by atomic mass is 10.0. The van der Waals surface area contributed by atoms with Crippen molar-refractivity contribution < 1.29 is 9.47 Å². The first-order chi connectivity index (χ1) is 8.78. The molecule has 1 rings (SSSR count). The highest BCUT2D eigenvalue weighted by Gasteiger charge is 2.17. The first-order valence-electron chi connectivity index (χ1n) is 6.51. The molecule has 0 heterocycles. The zero-order valence-electron chi connectivity index (χ0n) is 12.9. The highest BCUT2D eigenvalue weighted by molar-refractivity contribution is 5.65. The van der Waals surface area contributed by atoms with E-state index in [1.165, 1.54) is 0 Å². The molecule has 0 radical (unpaired) electrons. The van der Waals surface area contributed by atoms with Crippen LogP contribution in [0.15, 0.2) is 12.1 Å². The second kappa shape index (κ2) is 6.15. The lowest BCUT2D eigenvalue weighted by Gasteiger charge is -2.27. The van der Waals surface area contributed by atoms with Crippen molar-refractivity contribution in [1.82, 2.24) is 0 Å². The van der Waals surface area contributed by atoms with Crippen LogP contribution in [-0.4, -0.2) is 33.4 Å². The van der Waals surface area contributed by atoms with Gasteiger partial charge >= 0.3 is 0 Å². The number of rotatable bonds is 6. The molecule has 0 fully saturated rings. The van der Waals surface area contributed by atoms with Crippen molar-refractivity contribution in [3.8, 4) is 11.5 Å². The van der Waals surface area contributed by atoms with Gasteiger partial charge in [-0.05, 0) is 38.8 Å². The van der Waals surface area contributed by atoms with Gasteiger partial charge in [0.15, 0.2) is 0 Å². The van der Waals surface area contributed by atoms with Gasteiger partial charge in [-0.25, -0.2) is 0 Å². The lowest BCUT2D eigenvalue weighted by molar-refractivity contribution is 0.393. The zero-order chi connectivity index (χ0) is 14.6. The Morgan fingerprint density at radius 2 is 1.84 bits per heavy atom. The minimum Gasteiger partial charge on any atom is -0.497 e. The summed E-state index contributed by atoms with van der Waals surface area (Å²) < 4.78 is 10.7. The minimum absolute atomic E-state index is 0.165. The molecule has 0 unspecified atom stereocenters. The molecule has 0 saturated heterocycles. The molecule has 0 atom stereocenters. The van der Waals surface area contributed by atoms with E-state index < -0.39 is 0 Å². The van der Waals surface area contributed by atoms with E-state index in [1.807, 2.05) is 26.0 Å². The maximum Gasteiger partial charge on any atom is 0.146 e. The van der Waals surface area contributed by atoms with Crippen molar-refractivity contribution >= 4 is 5.69 Å². The normalized spacial score (nSPS) is 11.3. The van der Waals surface area contributed by atoms with Gasteiger partial charge < -0.3 is 20.1 Å². The van der Waals surface area contributed by atoms with Crippen molar-refractivity contribution in [3.05, 3.63) is 17.7 Å². The summed E-state index contributed by atoms with van der Waals surface area (Å²) >= 11 is 0. The molecular formula is C15H26N2O2. The van der Waals surface area contributed by atoms with Crippen LogP contribution in [0.5, 0.6) is 11.5 Å². The maximum absolute atomic E-state index is 6.04. The van der Waals surface area contributed by atoms with Crippen LogP contribution < -0.4 is 20.1 Å². The molecule has 0 amide bonds. The SMILES string of the molecule is COc1cc(C)c(N(C)CCC(C)(C)N)c(OC)c1. The summed E-state index contributed by atoms with van der Waals surface area (Å²) in [5.41, 5.74) is 8.10. The number of nitrogens with two attached hydrogens (primary N) is 1. The van der Waals surface area contributed by atoms with Crippen LogP contribution in [0.2, 0.25) is 0 Å². The van der Waals surface area contributed by atoms with Gasteiger partial charge in [-0.1, -0.05) is 0 Å². The van der Waals surface area contributed by atoms with E-state index in [4.69, 9.17) is 15.2 Å². The number of benzene rings is 1. The first kappa shape index (κ1) is 15.6. The fraction of sp³-hybridized carbons (Fsp3) is 0.600. The molecule has 0 saturated carbocycles. The lowest BCUT2D eigenvalue weighted by Crippen LogP contribution is -2.36. The molecule has 19 heavy (non-hydrogen) atoms. The third kappa shape index (κ3) is 4.31. The number of ether oxygens (including phenoxy) is 2. The second-order valence-corrected chi connectivity index (χ2v) is 5.66. The molecule has 4 nitrogen and oxygen atoms in total. The fourth-order valence-electron chi connectivity index (χ4n) is 2.05. The van der Waals surface area contributed by atoms with Crippen LogP contribution in [0.3, 0.4) is 0 Å². The van der Waals surface area contributed by atoms with Crippen molar-refractivity contribution in [1.29, 1.82) is 0 Å². The molecule has 1 aromatic carbocycles. The summed E-state index contributed by atoms with van der Waals surface area (Å²) in [5.74, 6) is 1.64. The van der Waals surface area contributed by atoms with Crippen molar-refractivity contribution in [2.45, 2.75) is 32.7 Å². The summed E-state index contributed by atoms with van der Waals surface area (Å²) in [6.45, 7) is 7.02. The Kier molecular flexibility index (Phi) is 5.06. The highest BCUT2D eigenvalue weighted by Crippen LogP contribution is 2.35. The number of methoxy groups -OCH3 is 2. The van der Waals surface area contributed by atoms with E-state index in [2.05, 4.69) is 18.9 Å². The van der Waals surface area contributed by atoms with E-state index in [-0.39, 0.29) is 5.54 Å². The van der Waals surface area contributed by atoms with Crippen LogP contribution in [0.25, 0.3) is 0 Å². The van der Waals surface area contributed by atoms with Crippen molar-refractivity contribution in [2.75, 3.05) is 32.7 Å². The van der Waals surface area contributed by atoms with Gasteiger partial charge in [0, 0.05) is 25.2 Å². The monoisotopic (exact) mass is 266 g/mol. The predicted molar refractivity (Wildman–Crippen MR) is 80.4 cm³/mol. The van der Waals surface area contributed by atoms with E-state index in [0.717, 1.165) is 35.7 Å². The summed E-state index contributed by atoms with van der Waals surface area (Å²) in [6.07, 6.45) is 0.915. The van der Waals surface area contributed by atoms with Crippen LogP contribution in [-0.2, 0) is 0 Å². The average Bonchev–Trinajstić information content (AvgIpc) is 2.33. The number of hydrogen-bond donors (Lipinski definition) is 1. The number of nitrogens with zero attached hydrogens (tertiary/aromatic N) is 1. The van der Waals surface area contributed by atoms with E-state index in [0.29, 0.717) is 0 Å². The van der Waals surface area contributed by atoms with Gasteiger partial charge in [-0.2, -0.15) is 0 Å². The summed E-state index contributed by atoms with van der Waals surface area (Å²) in [5, 5.41) is 0. The smallest absolute Gasteiger partial charge is 0.146 e. The summed E-state index contributed by atoms with van der Waals surface area (Å²) in [6, 6.07) is 3.92. The molecule has 2 N–H and O–H groups in total. The first-order valence-corrected chi connectivity index (χ1v) is 6.51. The van der Waals surface area contributed by atoms with E-state index in [1.54, 1.807) is 14.2 Å². The Bertz CT molecular complexity index is 425. The van der Waals surface area contributed by atoms with Gasteiger partial charge in [0.25, 0.3) is 0 Å². The molecule has 0 bridgehead atoms. The Balaban J connectivity index is 2.98. The largest absolute Gasteiger partial charge is 0.497 e. The Labute approximate surface area is 116 Å². The molecule has 0 spiro atoms. The third-order valence-electron chi connectivity index (χ3n) is 3.17. The zero-order valence-corrected chi connectivity index (χ0v) is 12.9. The van der Waals surface area contributed by atoms with Crippen LogP contribution in [0.4, 0.5) is 5.69 Å². The van der Waals surface area contributed by atoms with E-state index >= 15 is 0 Å². The fourth-order valence-corrected chi connectivity index (χ4v) is 2.05. The second-order valence-electron chi connectivity index (χ2n) is 5.66. The standard InChI is InChI=1S/C15H26N2O2/c1-11-9-12(18-5)10-13(19-6)14(11)17(4)8-7-15(2,3)16/h9-10H,7-8,16H2,1-6H3. The summed E-state index contributed by atoms with van der Waals surface area (Å²) in [7, 11) is 5.40. The molecule has 0 aromatic heterocycles. The Morgan fingerprint density at radius 3 is 2.32 bits per heavy atom. The molecule has 1 aromatic rings. The third-order valence-corrected chi connectivity index (χ3v) is 3.17. The van der Waals surface area contributed by atoms with Crippen LogP contribution in [0.1, 0.15) is 25.8 Å². The molecule has 4 heteroatoms. The number of aryl methyl sites for hydroxylation is 1. The molecular weight excluding hydrogens is 240 g/mol. The highest BCUT2D eigenvalue weighted by atomic mass is 16.5. The van der Waals surface area contributed by atoms with Crippen LogP contribution >= 0.6 is 0 Å². The van der Waals surface area contributed by atoms with Gasteiger partial charge in [0.05, 0.1) is 19.9 Å². The van der Waals surface area contributed by atoms with Gasteiger partial charge in [0.1, 0.15) is 11.5 Å². The van der Waals surface area contributed by atoms with Gasteiger partial charge in [-0.3, -0.25) is 0 Å². The molecule has 0 aliphatic rings. The molecule has 0 aliphatic carbocycles. The Morgan fingerprint density at radius 1 is 1.21 bits per heavy atom. The average molecular weight is 266 g/mol. The Hall–Kier alpha value is -1.42. The van der Waals surface area contributed by atoms with Gasteiger partial charge in [0.2, 0.25) is 0 Å². The van der Waals surface area contributed by atoms with Crippen molar-refractivity contribution in [2.24, 2.45) is 5.73 Å². The topological polar surface area (TPSA) is 47.7 Å². The quantitative estimate of drug-likeness (QED) is 0.859. The minimum atomic E-state index is -0.165. The molecule has 0 aliphatic heterocycles. The molecule has 108 valence electrons. The van der Waals surface area contributed by atoms with Crippen molar-refractivity contribution in [3.63, 3.8) is 0 Å². The van der Waals surface area contributed by atoms with E-state index in [9.17, 15) is 0 Å². The number of anilines is 1. The van der Waals surface area contributed by atoms with Crippen LogP contribution in [0, 0.1) is 6.92 Å². The maximum atomic E-state index is 6.04. The number of hydrogen-bond acceptors (Lipinski definition) is 4. The summed E-state index contributed by atoms with van der Waals surface area (Å²) in [4.78, 5) is 2.18. The van der Waals surface area contributed by atoms with Gasteiger partial charge in [-0.15, -0.1) is 0 Å².